The molecule has 1 aromatic carbocycles. The number of nitrogens with one attached hydrogen (secondary N) is 1. The van der Waals surface area contributed by atoms with E-state index in [4.69, 9.17) is 21.8 Å². The van der Waals surface area contributed by atoms with Crippen molar-refractivity contribution in [3.05, 3.63) is 34.3 Å². The van der Waals surface area contributed by atoms with Crippen LogP contribution in [0.4, 0.5) is 0 Å². The van der Waals surface area contributed by atoms with Gasteiger partial charge < -0.3 is 15.5 Å². The van der Waals surface area contributed by atoms with Crippen molar-refractivity contribution in [2.75, 3.05) is 6.54 Å². The number of carbonyl (C=O) groups excluding carboxylic acids is 1. The highest BCUT2D eigenvalue weighted by Crippen LogP contribution is 2.17. The predicted molar refractivity (Wildman–Crippen MR) is 71.2 cm³/mol. The quantitative estimate of drug-likeness (QED) is 0.731. The molecule has 0 aromatic heterocycles. The number of aliphatic hydroxyl groups is 1. The van der Waals surface area contributed by atoms with Gasteiger partial charge in [0.2, 0.25) is 5.91 Å². The van der Waals surface area contributed by atoms with E-state index in [9.17, 15) is 9.59 Å². The van der Waals surface area contributed by atoms with Gasteiger partial charge in [-0.05, 0) is 30.5 Å². The summed E-state index contributed by atoms with van der Waals surface area (Å²) in [4.78, 5) is 21.8. The maximum absolute atomic E-state index is 11.4. The first kappa shape index (κ1) is 15.5. The fraction of sp³-hybridized carbons (Fsp3) is 0.385. The van der Waals surface area contributed by atoms with Gasteiger partial charge in [0.1, 0.15) is 0 Å². The molecule has 0 aliphatic heterocycles. The minimum atomic E-state index is -1.57. The van der Waals surface area contributed by atoms with Crippen molar-refractivity contribution < 1.29 is 19.8 Å². The van der Waals surface area contributed by atoms with Crippen LogP contribution in [0.2, 0.25) is 5.02 Å². The van der Waals surface area contributed by atoms with Crippen molar-refractivity contribution in [3.63, 3.8) is 0 Å². The second-order valence-electron chi connectivity index (χ2n) is 4.24. The molecule has 0 unspecified atom stereocenters. The molecule has 0 saturated carbocycles. The molecule has 0 radical (unpaired) electrons. The number of carboxylic acid groups (broad SMARTS) is 1. The molecule has 104 valence electrons. The number of carbonyl (C=O) groups is 2. The zero-order valence-corrected chi connectivity index (χ0v) is 11.3. The third-order valence-electron chi connectivity index (χ3n) is 2.65. The average molecular weight is 286 g/mol. The molecule has 1 aromatic rings. The van der Waals surface area contributed by atoms with Crippen molar-refractivity contribution in [2.24, 2.45) is 0 Å². The Hall–Kier alpha value is -1.59. The van der Waals surface area contributed by atoms with E-state index in [0.29, 0.717) is 11.4 Å². The van der Waals surface area contributed by atoms with Crippen molar-refractivity contribution in [2.45, 2.75) is 25.9 Å². The van der Waals surface area contributed by atoms with Crippen molar-refractivity contribution in [3.8, 4) is 0 Å². The highest BCUT2D eigenvalue weighted by atomic mass is 35.5. The van der Waals surface area contributed by atoms with Gasteiger partial charge in [-0.2, -0.15) is 0 Å². The van der Waals surface area contributed by atoms with Crippen LogP contribution in [0.25, 0.3) is 0 Å². The Labute approximate surface area is 116 Å². The summed E-state index contributed by atoms with van der Waals surface area (Å²) in [5, 5.41) is 20.4. The molecule has 3 N–H and O–H groups in total. The van der Waals surface area contributed by atoms with Crippen molar-refractivity contribution >= 4 is 23.5 Å². The molecule has 5 nitrogen and oxygen atoms in total. The summed E-state index contributed by atoms with van der Waals surface area (Å²) < 4.78 is 0. The minimum Gasteiger partial charge on any atom is -0.479 e. The predicted octanol–water partition coefficient (Wildman–Crippen LogP) is 1.14. The first-order chi connectivity index (χ1) is 8.90. The fourth-order valence-corrected chi connectivity index (χ4v) is 1.64. The van der Waals surface area contributed by atoms with Crippen LogP contribution in [-0.2, 0) is 16.0 Å². The summed E-state index contributed by atoms with van der Waals surface area (Å²) in [6.45, 7) is 1.61. The number of amides is 1. The molecule has 1 rings (SSSR count). The van der Waals surface area contributed by atoms with E-state index >= 15 is 0 Å². The number of benzene rings is 1. The van der Waals surface area contributed by atoms with E-state index in [2.05, 4.69) is 5.32 Å². The molecule has 0 saturated heterocycles. The molecule has 0 fully saturated rings. The largest absolute Gasteiger partial charge is 0.479 e. The minimum absolute atomic E-state index is 0.214. The zero-order chi connectivity index (χ0) is 14.4. The van der Waals surface area contributed by atoms with Crippen molar-refractivity contribution in [1.82, 2.24) is 5.32 Å². The molecule has 0 aliphatic carbocycles. The lowest BCUT2D eigenvalue weighted by Crippen LogP contribution is -2.36. The number of rotatable bonds is 6. The van der Waals surface area contributed by atoms with E-state index in [-0.39, 0.29) is 18.9 Å². The summed E-state index contributed by atoms with van der Waals surface area (Å²) in [6, 6.07) is 5.57. The van der Waals surface area contributed by atoms with E-state index in [0.717, 1.165) is 11.1 Å². The highest BCUT2D eigenvalue weighted by Gasteiger charge is 2.13. The maximum atomic E-state index is 11.4. The Morgan fingerprint density at radius 1 is 1.42 bits per heavy atom. The van der Waals surface area contributed by atoms with Crippen molar-refractivity contribution in [1.29, 1.82) is 0 Å². The van der Waals surface area contributed by atoms with Crippen LogP contribution in [-0.4, -0.2) is 34.7 Å². The van der Waals surface area contributed by atoms with Gasteiger partial charge >= 0.3 is 5.97 Å². The van der Waals surface area contributed by atoms with Gasteiger partial charge in [-0.1, -0.05) is 23.7 Å². The standard InChI is InChI=1S/C13H16ClNO4/c1-8-2-3-9(6-10(8)14)4-5-12(17)15-7-11(16)13(18)19/h2-3,6,11,16H,4-5,7H2,1H3,(H,15,17)(H,18,19)/t11-/m0/s1. The van der Waals surface area contributed by atoms with Gasteiger partial charge in [-0.25, -0.2) is 4.79 Å². The normalized spacial score (nSPS) is 11.9. The van der Waals surface area contributed by atoms with Crippen LogP contribution in [0.15, 0.2) is 18.2 Å². The number of aryl methyl sites for hydroxylation is 2. The molecule has 19 heavy (non-hydrogen) atoms. The lowest BCUT2D eigenvalue weighted by atomic mass is 10.1. The van der Waals surface area contributed by atoms with Gasteiger partial charge in [0.25, 0.3) is 0 Å². The molecule has 6 heteroatoms. The number of carboxylic acids is 1. The first-order valence-electron chi connectivity index (χ1n) is 5.82. The molecule has 0 bridgehead atoms. The monoisotopic (exact) mass is 285 g/mol. The van der Waals surface area contributed by atoms with Gasteiger partial charge in [0, 0.05) is 11.4 Å². The Balaban J connectivity index is 2.37. The molecular weight excluding hydrogens is 270 g/mol. The zero-order valence-electron chi connectivity index (χ0n) is 10.5. The number of aliphatic hydroxyl groups excluding tert-OH is 1. The first-order valence-corrected chi connectivity index (χ1v) is 6.20. The molecular formula is C13H16ClNO4. The second-order valence-corrected chi connectivity index (χ2v) is 4.65. The Morgan fingerprint density at radius 3 is 2.68 bits per heavy atom. The molecule has 0 heterocycles. The third kappa shape index (κ3) is 5.28. The molecule has 1 amide bonds. The molecule has 0 aliphatic rings. The Kier molecular flexibility index (Phi) is 5.79. The summed E-state index contributed by atoms with van der Waals surface area (Å²) in [5.74, 6) is -1.66. The van der Waals surface area contributed by atoms with Crippen LogP contribution in [0, 0.1) is 6.92 Å². The van der Waals surface area contributed by atoms with Crippen LogP contribution in [0.1, 0.15) is 17.5 Å². The Morgan fingerprint density at radius 2 is 2.11 bits per heavy atom. The highest BCUT2D eigenvalue weighted by molar-refractivity contribution is 6.31. The Bertz CT molecular complexity index is 476. The molecule has 1 atom stereocenters. The lowest BCUT2D eigenvalue weighted by molar-refractivity contribution is -0.146. The fourth-order valence-electron chi connectivity index (χ4n) is 1.44. The lowest BCUT2D eigenvalue weighted by Gasteiger charge is -2.08. The van der Waals surface area contributed by atoms with Crippen LogP contribution in [0.3, 0.4) is 0 Å². The van der Waals surface area contributed by atoms with E-state index < -0.39 is 12.1 Å². The second kappa shape index (κ2) is 7.11. The number of aliphatic carboxylic acids is 1. The average Bonchev–Trinajstić information content (AvgIpc) is 2.37. The van der Waals surface area contributed by atoms with Crippen LogP contribution < -0.4 is 5.32 Å². The molecule has 0 spiro atoms. The van der Waals surface area contributed by atoms with Gasteiger partial charge in [-0.15, -0.1) is 0 Å². The maximum Gasteiger partial charge on any atom is 0.334 e. The smallest absolute Gasteiger partial charge is 0.334 e. The number of halogens is 1. The van der Waals surface area contributed by atoms with Gasteiger partial charge in [0.05, 0.1) is 6.54 Å². The van der Waals surface area contributed by atoms with Crippen LogP contribution >= 0.6 is 11.6 Å². The van der Waals surface area contributed by atoms with E-state index in [1.54, 1.807) is 6.07 Å². The van der Waals surface area contributed by atoms with E-state index in [1.165, 1.54) is 0 Å². The SMILES string of the molecule is Cc1ccc(CCC(=O)NC[C@H](O)C(=O)O)cc1Cl. The number of hydrogen-bond acceptors (Lipinski definition) is 3. The topological polar surface area (TPSA) is 86.6 Å². The van der Waals surface area contributed by atoms with Gasteiger partial charge in [-0.3, -0.25) is 4.79 Å². The summed E-state index contributed by atoms with van der Waals surface area (Å²) in [6.07, 6.45) is -0.849. The summed E-state index contributed by atoms with van der Waals surface area (Å²) in [5.41, 5.74) is 1.91. The third-order valence-corrected chi connectivity index (χ3v) is 3.06. The van der Waals surface area contributed by atoms with Crippen LogP contribution in [0.5, 0.6) is 0 Å². The summed E-state index contributed by atoms with van der Waals surface area (Å²) >= 11 is 5.97. The summed E-state index contributed by atoms with van der Waals surface area (Å²) in [7, 11) is 0. The van der Waals surface area contributed by atoms with Gasteiger partial charge in [0.15, 0.2) is 6.10 Å². The van der Waals surface area contributed by atoms with E-state index in [1.807, 2.05) is 19.1 Å². The number of hydrogen-bond donors (Lipinski definition) is 3.